The zero-order valence-electron chi connectivity index (χ0n) is 12.9. The molecule has 3 N–H and O–H groups in total. The summed E-state index contributed by atoms with van der Waals surface area (Å²) >= 11 is 22.8. The second-order valence-corrected chi connectivity index (χ2v) is 7.53. The van der Waals surface area contributed by atoms with Crippen LogP contribution in [0.2, 0.25) is 0 Å². The highest BCUT2D eigenvalue weighted by atomic mass is 35.6. The third-order valence-corrected chi connectivity index (χ3v) is 3.66. The summed E-state index contributed by atoms with van der Waals surface area (Å²) in [7, 11) is 0. The minimum atomic E-state index is -1.82. The molecule has 1 amide bonds. The number of nitrogens with one attached hydrogen (secondary N) is 3. The van der Waals surface area contributed by atoms with Crippen LogP contribution in [0.1, 0.15) is 18.1 Å². The van der Waals surface area contributed by atoms with Gasteiger partial charge in [-0.3, -0.25) is 5.32 Å². The maximum Gasteiger partial charge on any atom is 0.408 e. The van der Waals surface area contributed by atoms with E-state index >= 15 is 0 Å². The fraction of sp³-hybridized carbons (Fsp3) is 0.429. The van der Waals surface area contributed by atoms with Gasteiger partial charge in [0.2, 0.25) is 3.79 Å². The summed E-state index contributed by atoms with van der Waals surface area (Å²) in [5.74, 6) is 0. The normalized spacial score (nSPS) is 12.3. The topological polar surface area (TPSA) is 62.4 Å². The van der Waals surface area contributed by atoms with Gasteiger partial charge in [-0.05, 0) is 50.2 Å². The maximum atomic E-state index is 11.5. The summed E-state index contributed by atoms with van der Waals surface area (Å²) in [4.78, 5) is 11.5. The van der Waals surface area contributed by atoms with Gasteiger partial charge >= 0.3 is 6.09 Å². The number of carbonyl (C=O) groups is 1. The van der Waals surface area contributed by atoms with Crippen molar-refractivity contribution in [2.45, 2.75) is 30.7 Å². The predicted molar refractivity (Wildman–Crippen MR) is 99.5 cm³/mol. The molecule has 1 rings (SSSR count). The fourth-order valence-electron chi connectivity index (χ4n) is 1.65. The van der Waals surface area contributed by atoms with Gasteiger partial charge < -0.3 is 15.4 Å². The lowest BCUT2D eigenvalue weighted by Crippen LogP contribution is -2.56. The monoisotopic (exact) mass is 397 g/mol. The molecule has 0 aromatic heterocycles. The molecule has 5 nitrogen and oxygen atoms in total. The number of rotatable bonds is 4. The Labute approximate surface area is 156 Å². The Morgan fingerprint density at radius 3 is 2.52 bits per heavy atom. The number of alkyl carbamates (subject to hydrolysis) is 1. The van der Waals surface area contributed by atoms with Crippen LogP contribution in [0.3, 0.4) is 0 Å². The van der Waals surface area contributed by atoms with Crippen molar-refractivity contribution in [1.82, 2.24) is 10.6 Å². The molecule has 0 spiro atoms. The molecule has 1 aromatic carbocycles. The number of thiocarbonyl (C=S) groups is 1. The van der Waals surface area contributed by atoms with Crippen LogP contribution < -0.4 is 16.0 Å². The molecule has 0 saturated carbocycles. The minimum Gasteiger partial charge on any atom is -0.450 e. The van der Waals surface area contributed by atoms with Crippen molar-refractivity contribution in [2.24, 2.45) is 0 Å². The van der Waals surface area contributed by atoms with E-state index in [0.717, 1.165) is 16.8 Å². The van der Waals surface area contributed by atoms with E-state index in [1.807, 2.05) is 32.0 Å². The Morgan fingerprint density at radius 2 is 1.96 bits per heavy atom. The Kier molecular flexibility index (Phi) is 7.67. The van der Waals surface area contributed by atoms with E-state index in [1.165, 1.54) is 0 Å². The molecule has 23 heavy (non-hydrogen) atoms. The second-order valence-electron chi connectivity index (χ2n) is 4.76. The van der Waals surface area contributed by atoms with Crippen molar-refractivity contribution in [1.29, 1.82) is 0 Å². The second kappa shape index (κ2) is 8.78. The average Bonchev–Trinajstić information content (AvgIpc) is 2.41. The largest absolute Gasteiger partial charge is 0.450 e. The van der Waals surface area contributed by atoms with E-state index in [2.05, 4.69) is 16.0 Å². The van der Waals surface area contributed by atoms with Crippen LogP contribution in [0.5, 0.6) is 0 Å². The molecule has 0 aliphatic carbocycles. The lowest BCUT2D eigenvalue weighted by Gasteiger charge is -2.27. The van der Waals surface area contributed by atoms with Gasteiger partial charge in [-0.1, -0.05) is 46.9 Å². The van der Waals surface area contributed by atoms with Gasteiger partial charge in [-0.2, -0.15) is 0 Å². The molecule has 0 saturated heterocycles. The molecule has 1 atom stereocenters. The van der Waals surface area contributed by atoms with Crippen LogP contribution in [-0.4, -0.2) is 27.8 Å². The van der Waals surface area contributed by atoms with Gasteiger partial charge in [0.05, 0.1) is 6.61 Å². The van der Waals surface area contributed by atoms with E-state index in [-0.39, 0.29) is 11.7 Å². The number of ether oxygens (including phenoxy) is 1. The zero-order chi connectivity index (χ0) is 17.6. The van der Waals surface area contributed by atoms with E-state index < -0.39 is 16.1 Å². The number of hydrogen-bond donors (Lipinski definition) is 3. The van der Waals surface area contributed by atoms with Gasteiger partial charge in [-0.25, -0.2) is 4.79 Å². The third-order valence-electron chi connectivity index (χ3n) is 2.78. The van der Waals surface area contributed by atoms with E-state index in [4.69, 9.17) is 51.8 Å². The quantitative estimate of drug-likeness (QED) is 0.406. The summed E-state index contributed by atoms with van der Waals surface area (Å²) in [6, 6.07) is 5.89. The standard InChI is InChI=1S/C14H18Cl3N3O2S/c1-4-22-13(21)20-11(14(15,16)17)19-12(23)18-10-7-8(2)5-6-9(10)3/h5-7,11H,4H2,1-3H3,(H,20,21)(H2,18,19,23)/t11-/m1/s1. The number of amides is 1. The summed E-state index contributed by atoms with van der Waals surface area (Å²) in [6.07, 6.45) is -1.78. The molecule has 9 heteroatoms. The van der Waals surface area contributed by atoms with Gasteiger partial charge in [0.15, 0.2) is 11.3 Å². The SMILES string of the molecule is CCOC(=O)N[C@@H](NC(=S)Nc1cc(C)ccc1C)C(Cl)(Cl)Cl. The maximum absolute atomic E-state index is 11.5. The fourth-order valence-corrected chi connectivity index (χ4v) is 2.21. The molecule has 0 aliphatic heterocycles. The van der Waals surface area contributed by atoms with Crippen LogP contribution in [0.15, 0.2) is 18.2 Å². The molecular formula is C14H18Cl3N3O2S. The smallest absolute Gasteiger partial charge is 0.408 e. The summed E-state index contributed by atoms with van der Waals surface area (Å²) in [5, 5.41) is 8.37. The van der Waals surface area contributed by atoms with Gasteiger partial charge in [0.25, 0.3) is 0 Å². The first-order valence-electron chi connectivity index (χ1n) is 6.78. The van der Waals surface area contributed by atoms with Crippen molar-refractivity contribution in [3.63, 3.8) is 0 Å². The summed E-state index contributed by atoms with van der Waals surface area (Å²) in [5.41, 5.74) is 2.90. The lowest BCUT2D eigenvalue weighted by atomic mass is 10.1. The highest BCUT2D eigenvalue weighted by Gasteiger charge is 2.35. The van der Waals surface area contributed by atoms with Crippen LogP contribution >= 0.6 is 47.0 Å². The molecule has 128 valence electrons. The molecular weight excluding hydrogens is 381 g/mol. The van der Waals surface area contributed by atoms with Crippen molar-refractivity contribution in [3.05, 3.63) is 29.3 Å². The van der Waals surface area contributed by atoms with Gasteiger partial charge in [0.1, 0.15) is 0 Å². The lowest BCUT2D eigenvalue weighted by molar-refractivity contribution is 0.147. The number of carbonyl (C=O) groups excluding carboxylic acids is 1. The highest BCUT2D eigenvalue weighted by molar-refractivity contribution is 7.80. The van der Waals surface area contributed by atoms with Crippen LogP contribution in [0.4, 0.5) is 10.5 Å². The van der Waals surface area contributed by atoms with Crippen molar-refractivity contribution >= 4 is 63.9 Å². The number of anilines is 1. The van der Waals surface area contributed by atoms with Gasteiger partial charge in [0, 0.05) is 5.69 Å². The number of aryl methyl sites for hydroxylation is 2. The summed E-state index contributed by atoms with van der Waals surface area (Å²) < 4.78 is 2.95. The average molecular weight is 399 g/mol. The molecule has 1 aromatic rings. The number of benzene rings is 1. The Bertz CT molecular complexity index is 579. The Morgan fingerprint density at radius 1 is 1.30 bits per heavy atom. The highest BCUT2D eigenvalue weighted by Crippen LogP contribution is 2.29. The molecule has 0 aliphatic rings. The first-order chi connectivity index (χ1) is 10.6. The van der Waals surface area contributed by atoms with Crippen molar-refractivity contribution in [2.75, 3.05) is 11.9 Å². The van der Waals surface area contributed by atoms with Crippen LogP contribution in [0.25, 0.3) is 0 Å². The number of halogens is 3. The van der Waals surface area contributed by atoms with Crippen molar-refractivity contribution in [3.8, 4) is 0 Å². The Hall–Kier alpha value is -0.950. The van der Waals surface area contributed by atoms with E-state index in [0.29, 0.717) is 0 Å². The zero-order valence-corrected chi connectivity index (χ0v) is 16.0. The molecule has 0 heterocycles. The van der Waals surface area contributed by atoms with E-state index in [9.17, 15) is 4.79 Å². The molecule has 0 unspecified atom stereocenters. The van der Waals surface area contributed by atoms with Crippen molar-refractivity contribution < 1.29 is 9.53 Å². The molecule has 0 bridgehead atoms. The van der Waals surface area contributed by atoms with E-state index in [1.54, 1.807) is 6.92 Å². The predicted octanol–water partition coefficient (Wildman–Crippen LogP) is 4.03. The Balaban J connectivity index is 2.77. The molecule has 0 fully saturated rings. The number of hydrogen-bond acceptors (Lipinski definition) is 3. The molecule has 0 radical (unpaired) electrons. The summed E-state index contributed by atoms with van der Waals surface area (Å²) in [6.45, 7) is 5.77. The first-order valence-corrected chi connectivity index (χ1v) is 8.32. The third kappa shape index (κ3) is 6.99. The minimum absolute atomic E-state index is 0.198. The first kappa shape index (κ1) is 20.1. The number of alkyl halides is 3. The van der Waals surface area contributed by atoms with Gasteiger partial charge in [-0.15, -0.1) is 0 Å². The van der Waals surface area contributed by atoms with Crippen LogP contribution in [0, 0.1) is 13.8 Å². The van der Waals surface area contributed by atoms with Crippen LogP contribution in [-0.2, 0) is 4.74 Å².